The summed E-state index contributed by atoms with van der Waals surface area (Å²) in [4.78, 5) is 25.5. The topological polar surface area (TPSA) is 63.6 Å². The third kappa shape index (κ3) is 6.77. The molecule has 1 fully saturated rings. The fraction of sp³-hybridized carbons (Fsp3) is 0.917. The highest BCUT2D eigenvalue weighted by Gasteiger charge is 2.54. The molecule has 0 aromatic heterocycles. The van der Waals surface area contributed by atoms with E-state index in [2.05, 4.69) is 27.7 Å². The lowest BCUT2D eigenvalue weighted by atomic mass is 9.63. The molecule has 0 spiro atoms. The number of hydrogen-bond donors (Lipinski definition) is 1. The average Bonchev–Trinajstić information content (AvgIpc) is 2.71. The van der Waals surface area contributed by atoms with Crippen LogP contribution < -0.4 is 0 Å². The van der Waals surface area contributed by atoms with Gasteiger partial charge in [-0.1, -0.05) is 85.5 Å². The average molecular weight is 397 g/mol. The second-order valence-corrected chi connectivity index (χ2v) is 8.89. The van der Waals surface area contributed by atoms with E-state index in [4.69, 9.17) is 4.74 Å². The number of carboxylic acid groups (broad SMARTS) is 1. The van der Waals surface area contributed by atoms with Gasteiger partial charge in [0.25, 0.3) is 0 Å². The van der Waals surface area contributed by atoms with E-state index in [0.29, 0.717) is 24.9 Å². The Hall–Kier alpha value is -1.06. The number of carbonyl (C=O) groups excluding carboxylic acids is 1. The third-order valence-corrected chi connectivity index (χ3v) is 6.97. The second-order valence-electron chi connectivity index (χ2n) is 8.89. The summed E-state index contributed by atoms with van der Waals surface area (Å²) in [6, 6.07) is 0. The van der Waals surface area contributed by atoms with Crippen molar-refractivity contribution in [1.29, 1.82) is 0 Å². The summed E-state index contributed by atoms with van der Waals surface area (Å²) in [5.74, 6) is -0.685. The summed E-state index contributed by atoms with van der Waals surface area (Å²) in [7, 11) is 0. The second kappa shape index (κ2) is 13.2. The van der Waals surface area contributed by atoms with Gasteiger partial charge >= 0.3 is 11.9 Å². The molecule has 28 heavy (non-hydrogen) atoms. The number of ether oxygens (including phenoxy) is 1. The van der Waals surface area contributed by atoms with Crippen LogP contribution in [0.3, 0.4) is 0 Å². The van der Waals surface area contributed by atoms with Gasteiger partial charge in [-0.3, -0.25) is 9.59 Å². The molecule has 1 N–H and O–H groups in total. The lowest BCUT2D eigenvalue weighted by Gasteiger charge is -2.40. The number of carbonyl (C=O) groups is 2. The van der Waals surface area contributed by atoms with E-state index in [1.807, 2.05) is 0 Å². The van der Waals surface area contributed by atoms with E-state index in [9.17, 15) is 14.7 Å². The summed E-state index contributed by atoms with van der Waals surface area (Å²) in [5.41, 5.74) is -1.33. The van der Waals surface area contributed by atoms with Crippen molar-refractivity contribution in [3.05, 3.63) is 0 Å². The maximum Gasteiger partial charge on any atom is 0.323 e. The van der Waals surface area contributed by atoms with Crippen LogP contribution in [0, 0.1) is 23.2 Å². The number of unbranched alkanes of at least 4 members (excludes halogenated alkanes) is 2. The van der Waals surface area contributed by atoms with Gasteiger partial charge in [-0.05, 0) is 43.4 Å². The van der Waals surface area contributed by atoms with Crippen LogP contribution in [0.2, 0.25) is 0 Å². The Morgan fingerprint density at radius 3 is 2.14 bits per heavy atom. The zero-order valence-corrected chi connectivity index (χ0v) is 18.8. The molecule has 0 heterocycles. The van der Waals surface area contributed by atoms with Crippen molar-refractivity contribution in [2.45, 2.75) is 111 Å². The molecular weight excluding hydrogens is 352 g/mol. The number of carboxylic acids is 1. The van der Waals surface area contributed by atoms with Gasteiger partial charge in [-0.25, -0.2) is 0 Å². The predicted octanol–water partition coefficient (Wildman–Crippen LogP) is 6.61. The smallest absolute Gasteiger partial charge is 0.323 e. The van der Waals surface area contributed by atoms with Crippen LogP contribution in [0.4, 0.5) is 0 Å². The van der Waals surface area contributed by atoms with Crippen LogP contribution >= 0.6 is 0 Å². The number of rotatable bonds is 14. The minimum atomic E-state index is -1.33. The van der Waals surface area contributed by atoms with E-state index in [1.165, 1.54) is 6.42 Å². The SMILES string of the molecule is CCCCC(CC)COC(=O)C1(C(=O)O)CCCCC1CC(CC)CCCC. The summed E-state index contributed by atoms with van der Waals surface area (Å²) in [6.45, 7) is 9.01. The van der Waals surface area contributed by atoms with Crippen molar-refractivity contribution in [2.24, 2.45) is 23.2 Å². The molecule has 4 unspecified atom stereocenters. The molecule has 4 heteroatoms. The van der Waals surface area contributed by atoms with Gasteiger partial charge in [0, 0.05) is 0 Å². The first kappa shape index (κ1) is 25.0. The molecular formula is C24H44O4. The van der Waals surface area contributed by atoms with Crippen molar-refractivity contribution in [2.75, 3.05) is 6.61 Å². The Bertz CT molecular complexity index is 462. The molecule has 1 saturated carbocycles. The van der Waals surface area contributed by atoms with Gasteiger partial charge in [-0.2, -0.15) is 0 Å². The zero-order valence-electron chi connectivity index (χ0n) is 18.8. The molecule has 1 aliphatic carbocycles. The summed E-state index contributed by atoms with van der Waals surface area (Å²) < 4.78 is 5.70. The standard InChI is InChI=1S/C24H44O4/c1-5-9-13-19(7-3)17-21-15-11-12-16-24(21,22(25)26)23(27)28-18-20(8-4)14-10-6-2/h19-21H,5-18H2,1-4H3,(H,25,26). The predicted molar refractivity (Wildman–Crippen MR) is 114 cm³/mol. The summed E-state index contributed by atoms with van der Waals surface area (Å²) >= 11 is 0. The molecule has 164 valence electrons. The van der Waals surface area contributed by atoms with Crippen LogP contribution in [0.15, 0.2) is 0 Å². The first-order valence-corrected chi connectivity index (χ1v) is 11.9. The molecule has 4 atom stereocenters. The molecule has 0 aromatic rings. The Balaban J connectivity index is 2.90. The molecule has 0 aliphatic heterocycles. The third-order valence-electron chi connectivity index (χ3n) is 6.97. The first-order chi connectivity index (χ1) is 13.5. The monoisotopic (exact) mass is 396 g/mol. The van der Waals surface area contributed by atoms with Crippen LogP contribution in [-0.4, -0.2) is 23.7 Å². The molecule has 0 saturated heterocycles. The van der Waals surface area contributed by atoms with Crippen LogP contribution in [0.1, 0.15) is 111 Å². The van der Waals surface area contributed by atoms with E-state index < -0.39 is 17.4 Å². The molecule has 1 aliphatic rings. The Labute approximate surface area is 172 Å². The molecule has 0 bridgehead atoms. The molecule has 4 nitrogen and oxygen atoms in total. The Morgan fingerprint density at radius 2 is 1.61 bits per heavy atom. The van der Waals surface area contributed by atoms with E-state index in [1.54, 1.807) is 0 Å². The van der Waals surface area contributed by atoms with Crippen LogP contribution in [-0.2, 0) is 14.3 Å². The first-order valence-electron chi connectivity index (χ1n) is 11.9. The highest BCUT2D eigenvalue weighted by molar-refractivity contribution is 5.99. The van der Waals surface area contributed by atoms with Gasteiger partial charge in [0.1, 0.15) is 0 Å². The highest BCUT2D eigenvalue weighted by atomic mass is 16.5. The maximum atomic E-state index is 13.1. The lowest BCUT2D eigenvalue weighted by Crippen LogP contribution is -2.49. The fourth-order valence-electron chi connectivity index (χ4n) is 4.81. The highest BCUT2D eigenvalue weighted by Crippen LogP contribution is 2.46. The minimum Gasteiger partial charge on any atom is -0.480 e. The maximum absolute atomic E-state index is 13.1. The summed E-state index contributed by atoms with van der Waals surface area (Å²) in [6.07, 6.45) is 12.7. The van der Waals surface area contributed by atoms with E-state index >= 15 is 0 Å². The number of hydrogen-bond acceptors (Lipinski definition) is 3. The van der Waals surface area contributed by atoms with Gasteiger partial charge in [0.2, 0.25) is 0 Å². The van der Waals surface area contributed by atoms with Crippen molar-refractivity contribution in [1.82, 2.24) is 0 Å². The van der Waals surface area contributed by atoms with Crippen LogP contribution in [0.25, 0.3) is 0 Å². The van der Waals surface area contributed by atoms with Gasteiger partial charge in [0.15, 0.2) is 5.41 Å². The van der Waals surface area contributed by atoms with E-state index in [0.717, 1.165) is 70.6 Å². The van der Waals surface area contributed by atoms with E-state index in [-0.39, 0.29) is 5.92 Å². The molecule has 1 rings (SSSR count). The lowest BCUT2D eigenvalue weighted by molar-refractivity contribution is -0.178. The van der Waals surface area contributed by atoms with Crippen molar-refractivity contribution in [3.63, 3.8) is 0 Å². The van der Waals surface area contributed by atoms with Crippen LogP contribution in [0.5, 0.6) is 0 Å². The number of aliphatic carboxylic acids is 1. The molecule has 0 radical (unpaired) electrons. The quantitative estimate of drug-likeness (QED) is 0.265. The largest absolute Gasteiger partial charge is 0.480 e. The van der Waals surface area contributed by atoms with Gasteiger partial charge < -0.3 is 9.84 Å². The fourth-order valence-corrected chi connectivity index (χ4v) is 4.81. The van der Waals surface area contributed by atoms with Crippen molar-refractivity contribution in [3.8, 4) is 0 Å². The van der Waals surface area contributed by atoms with Gasteiger partial charge in [-0.15, -0.1) is 0 Å². The van der Waals surface area contributed by atoms with Gasteiger partial charge in [0.05, 0.1) is 6.61 Å². The zero-order chi connectivity index (χ0) is 21.0. The molecule has 0 amide bonds. The van der Waals surface area contributed by atoms with Crippen molar-refractivity contribution >= 4 is 11.9 Å². The Kier molecular flexibility index (Phi) is 11.8. The Morgan fingerprint density at radius 1 is 1.00 bits per heavy atom. The van der Waals surface area contributed by atoms with Crippen molar-refractivity contribution < 1.29 is 19.4 Å². The summed E-state index contributed by atoms with van der Waals surface area (Å²) in [5, 5.41) is 10.2. The normalized spacial score (nSPS) is 24.5. The number of esters is 1. The molecule has 0 aromatic carbocycles. The minimum absolute atomic E-state index is 0.0937.